The molecule has 0 radical (unpaired) electrons. The molecule has 0 aliphatic carbocycles. The van der Waals surface area contributed by atoms with E-state index in [1.165, 1.54) is 6.42 Å². The minimum absolute atomic E-state index is 0. The first-order valence-electron chi connectivity index (χ1n) is 10.2. The van der Waals surface area contributed by atoms with Crippen LogP contribution < -0.4 is 15.4 Å². The molecule has 29 heavy (non-hydrogen) atoms. The van der Waals surface area contributed by atoms with Crippen LogP contribution in [-0.4, -0.2) is 62.8 Å². The molecule has 8 heteroatoms. The molecule has 0 bridgehead atoms. The highest BCUT2D eigenvalue weighted by Gasteiger charge is 2.18. The van der Waals surface area contributed by atoms with Crippen LogP contribution in [0, 0.1) is 0 Å². The lowest BCUT2D eigenvalue weighted by atomic mass is 10.1. The Morgan fingerprint density at radius 1 is 1.28 bits per heavy atom. The molecular weight excluding hydrogens is 413 g/mol. The van der Waals surface area contributed by atoms with Crippen molar-refractivity contribution < 1.29 is 14.3 Å². The number of nitrogens with zero attached hydrogens (tertiary/aromatic N) is 1. The Labute approximate surface area is 186 Å². The summed E-state index contributed by atoms with van der Waals surface area (Å²) < 4.78 is 11.3. The van der Waals surface area contributed by atoms with Crippen LogP contribution in [0.15, 0.2) is 24.3 Å². The summed E-state index contributed by atoms with van der Waals surface area (Å²) in [4.78, 5) is 14.4. The van der Waals surface area contributed by atoms with Crippen molar-refractivity contribution >= 4 is 30.7 Å². The van der Waals surface area contributed by atoms with Crippen molar-refractivity contribution in [2.24, 2.45) is 0 Å². The van der Waals surface area contributed by atoms with Gasteiger partial charge in [-0.25, -0.2) is 0 Å². The fourth-order valence-corrected chi connectivity index (χ4v) is 3.79. The van der Waals surface area contributed by atoms with Gasteiger partial charge < -0.3 is 20.1 Å². The predicted molar refractivity (Wildman–Crippen MR) is 120 cm³/mol. The summed E-state index contributed by atoms with van der Waals surface area (Å²) in [7, 11) is 2.16. The number of likely N-dealkylation sites (N-methyl/N-ethyl adjacent to an activating group) is 1. The number of carbonyl (C=O) groups is 1. The predicted octanol–water partition coefficient (Wildman–Crippen LogP) is 2.78. The second-order valence-corrected chi connectivity index (χ2v) is 7.59. The molecule has 2 aliphatic heterocycles. The summed E-state index contributed by atoms with van der Waals surface area (Å²) in [6.07, 6.45) is 5.03. The van der Waals surface area contributed by atoms with E-state index in [4.69, 9.17) is 9.47 Å². The first kappa shape index (κ1) is 26.0. The van der Waals surface area contributed by atoms with Gasteiger partial charge >= 0.3 is 0 Å². The largest absolute Gasteiger partial charge is 0.492 e. The second-order valence-electron chi connectivity index (χ2n) is 7.59. The smallest absolute Gasteiger partial charge is 0.221 e. The molecule has 1 aromatic carbocycles. The Morgan fingerprint density at radius 3 is 2.79 bits per heavy atom. The molecule has 2 N–H and O–H groups in total. The molecule has 2 aliphatic rings. The van der Waals surface area contributed by atoms with Crippen LogP contribution >= 0.6 is 24.8 Å². The molecular formula is C21H35Cl2N3O3. The number of rotatable bonds is 9. The lowest BCUT2D eigenvalue weighted by Crippen LogP contribution is -2.38. The summed E-state index contributed by atoms with van der Waals surface area (Å²) in [5.41, 5.74) is 1.07. The molecule has 2 saturated heterocycles. The van der Waals surface area contributed by atoms with E-state index in [1.54, 1.807) is 0 Å². The van der Waals surface area contributed by atoms with Gasteiger partial charge in [-0.1, -0.05) is 12.1 Å². The van der Waals surface area contributed by atoms with E-state index >= 15 is 0 Å². The molecule has 166 valence electrons. The van der Waals surface area contributed by atoms with Gasteiger partial charge in [0, 0.05) is 44.8 Å². The first-order valence-corrected chi connectivity index (χ1v) is 10.2. The van der Waals surface area contributed by atoms with Crippen molar-refractivity contribution in [3.8, 4) is 5.75 Å². The number of hydrogen-bond donors (Lipinski definition) is 2. The standard InChI is InChI=1S/C21H33N3O3.2ClH/c1-24(19-7-11-26-12-8-19)10-13-27-20-6-2-4-17(14-20)16-23-21(25)15-18-5-3-9-22-18;;/h2,4,6,14,18-19,22H,3,5,7-13,15-16H2,1H3,(H,23,25);2*1H. The molecule has 0 aromatic heterocycles. The minimum atomic E-state index is 0. The molecule has 1 atom stereocenters. The van der Waals surface area contributed by atoms with E-state index < -0.39 is 0 Å². The third-order valence-electron chi connectivity index (χ3n) is 5.51. The lowest BCUT2D eigenvalue weighted by Gasteiger charge is -2.31. The zero-order valence-electron chi connectivity index (χ0n) is 17.2. The summed E-state index contributed by atoms with van der Waals surface area (Å²) in [5, 5.41) is 6.37. The van der Waals surface area contributed by atoms with Crippen LogP contribution in [-0.2, 0) is 16.1 Å². The van der Waals surface area contributed by atoms with Crippen LogP contribution in [0.4, 0.5) is 0 Å². The fraction of sp³-hybridized carbons (Fsp3) is 0.667. The van der Waals surface area contributed by atoms with Gasteiger partial charge in [-0.2, -0.15) is 0 Å². The maximum atomic E-state index is 12.1. The summed E-state index contributed by atoms with van der Waals surface area (Å²) in [6.45, 7) is 4.86. The molecule has 1 amide bonds. The van der Waals surface area contributed by atoms with Crippen LogP contribution in [0.2, 0.25) is 0 Å². The third kappa shape index (κ3) is 9.09. The first-order chi connectivity index (χ1) is 13.2. The van der Waals surface area contributed by atoms with Crippen LogP contribution in [0.3, 0.4) is 0 Å². The van der Waals surface area contributed by atoms with Crippen molar-refractivity contribution in [2.75, 3.05) is 40.0 Å². The van der Waals surface area contributed by atoms with E-state index in [9.17, 15) is 4.79 Å². The zero-order chi connectivity index (χ0) is 18.9. The number of carbonyl (C=O) groups excluding carboxylic acids is 1. The van der Waals surface area contributed by atoms with Crippen LogP contribution in [0.1, 0.15) is 37.7 Å². The summed E-state index contributed by atoms with van der Waals surface area (Å²) in [5.74, 6) is 0.971. The van der Waals surface area contributed by atoms with Gasteiger partial charge in [-0.05, 0) is 57.0 Å². The van der Waals surface area contributed by atoms with Crippen molar-refractivity contribution in [1.29, 1.82) is 0 Å². The average Bonchev–Trinajstić information content (AvgIpc) is 3.20. The summed E-state index contributed by atoms with van der Waals surface area (Å²) >= 11 is 0. The third-order valence-corrected chi connectivity index (χ3v) is 5.51. The highest BCUT2D eigenvalue weighted by Crippen LogP contribution is 2.15. The molecule has 1 aromatic rings. The van der Waals surface area contributed by atoms with Gasteiger partial charge in [0.15, 0.2) is 0 Å². The number of amides is 1. The second kappa shape index (κ2) is 14.0. The molecule has 3 rings (SSSR count). The Balaban J connectivity index is 0.00000210. The Morgan fingerprint density at radius 2 is 2.07 bits per heavy atom. The Kier molecular flexibility index (Phi) is 12.6. The van der Waals surface area contributed by atoms with Gasteiger partial charge in [0.25, 0.3) is 0 Å². The van der Waals surface area contributed by atoms with Crippen molar-refractivity contribution in [3.63, 3.8) is 0 Å². The van der Waals surface area contributed by atoms with Gasteiger partial charge in [0.05, 0.1) is 0 Å². The Bertz CT molecular complexity index is 594. The average molecular weight is 448 g/mol. The lowest BCUT2D eigenvalue weighted by molar-refractivity contribution is -0.121. The number of nitrogens with one attached hydrogen (secondary N) is 2. The van der Waals surface area contributed by atoms with E-state index in [0.29, 0.717) is 31.7 Å². The van der Waals surface area contributed by atoms with E-state index in [-0.39, 0.29) is 30.7 Å². The topological polar surface area (TPSA) is 62.8 Å². The van der Waals surface area contributed by atoms with Crippen molar-refractivity contribution in [3.05, 3.63) is 29.8 Å². The van der Waals surface area contributed by atoms with Gasteiger partial charge in [-0.3, -0.25) is 9.69 Å². The summed E-state index contributed by atoms with van der Waals surface area (Å²) in [6, 6.07) is 8.93. The van der Waals surface area contributed by atoms with Gasteiger partial charge in [0.1, 0.15) is 12.4 Å². The fourth-order valence-electron chi connectivity index (χ4n) is 3.79. The maximum absolute atomic E-state index is 12.1. The minimum Gasteiger partial charge on any atom is -0.492 e. The molecule has 0 saturated carbocycles. The molecule has 6 nitrogen and oxygen atoms in total. The number of ether oxygens (including phenoxy) is 2. The van der Waals surface area contributed by atoms with Gasteiger partial charge in [-0.15, -0.1) is 24.8 Å². The van der Waals surface area contributed by atoms with Crippen LogP contribution in [0.5, 0.6) is 5.75 Å². The Hall–Kier alpha value is -1.05. The molecule has 2 heterocycles. The van der Waals surface area contributed by atoms with Gasteiger partial charge in [0.2, 0.25) is 5.91 Å². The molecule has 0 spiro atoms. The van der Waals surface area contributed by atoms with E-state index in [1.807, 2.05) is 24.3 Å². The number of halogens is 2. The normalized spacial score (nSPS) is 19.3. The van der Waals surface area contributed by atoms with Crippen molar-refractivity contribution in [2.45, 2.75) is 50.7 Å². The maximum Gasteiger partial charge on any atom is 0.221 e. The SMILES string of the molecule is CN(CCOc1cccc(CNC(=O)CC2CCCN2)c1)C1CCOCC1.Cl.Cl. The zero-order valence-corrected chi connectivity index (χ0v) is 18.9. The quantitative estimate of drug-likeness (QED) is 0.609. The molecule has 1 unspecified atom stereocenters. The highest BCUT2D eigenvalue weighted by molar-refractivity contribution is 5.85. The van der Waals surface area contributed by atoms with Crippen LogP contribution in [0.25, 0.3) is 0 Å². The van der Waals surface area contributed by atoms with E-state index in [2.05, 4.69) is 22.6 Å². The van der Waals surface area contributed by atoms with E-state index in [0.717, 1.165) is 56.9 Å². The molecule has 2 fully saturated rings. The number of benzene rings is 1. The van der Waals surface area contributed by atoms with Crippen molar-refractivity contribution in [1.82, 2.24) is 15.5 Å². The number of hydrogen-bond acceptors (Lipinski definition) is 5. The highest BCUT2D eigenvalue weighted by atomic mass is 35.5. The monoisotopic (exact) mass is 447 g/mol.